The summed E-state index contributed by atoms with van der Waals surface area (Å²) >= 11 is 11.8. The first kappa shape index (κ1) is 15.4. The lowest BCUT2D eigenvalue weighted by atomic mass is 10.1. The molecule has 0 radical (unpaired) electrons. The zero-order valence-corrected chi connectivity index (χ0v) is 12.7. The maximum atomic E-state index is 12.3. The first-order valence-electron chi connectivity index (χ1n) is 6.18. The van der Waals surface area contributed by atoms with Gasteiger partial charge in [-0.15, -0.1) is 0 Å². The number of rotatable bonds is 4. The second-order valence-corrected chi connectivity index (χ2v) is 5.20. The van der Waals surface area contributed by atoms with Gasteiger partial charge in [0.05, 0.1) is 5.02 Å². The van der Waals surface area contributed by atoms with Crippen molar-refractivity contribution in [1.82, 2.24) is 0 Å². The molecule has 0 aromatic heterocycles. The molecule has 2 aromatic rings. The SMILES string of the molecule is CC(Oc1cccc(Cl)c1C#N)C(=O)c1cccc(Cl)c1. The highest BCUT2D eigenvalue weighted by molar-refractivity contribution is 6.32. The molecular weight excluding hydrogens is 309 g/mol. The lowest BCUT2D eigenvalue weighted by Crippen LogP contribution is -2.24. The van der Waals surface area contributed by atoms with Gasteiger partial charge in [-0.1, -0.05) is 41.4 Å². The van der Waals surface area contributed by atoms with Crippen LogP contribution in [-0.2, 0) is 0 Å². The maximum Gasteiger partial charge on any atom is 0.203 e. The van der Waals surface area contributed by atoms with Gasteiger partial charge in [0.15, 0.2) is 6.10 Å². The van der Waals surface area contributed by atoms with Crippen LogP contribution in [0.25, 0.3) is 0 Å². The second kappa shape index (κ2) is 6.62. The molecule has 0 amide bonds. The van der Waals surface area contributed by atoms with Gasteiger partial charge in [0.25, 0.3) is 0 Å². The van der Waals surface area contributed by atoms with Crippen LogP contribution in [0.5, 0.6) is 5.75 Å². The predicted octanol–water partition coefficient (Wildman–Crippen LogP) is 4.52. The van der Waals surface area contributed by atoms with Gasteiger partial charge >= 0.3 is 0 Å². The van der Waals surface area contributed by atoms with Crippen LogP contribution < -0.4 is 4.74 Å². The van der Waals surface area contributed by atoms with Crippen molar-refractivity contribution in [3.05, 3.63) is 63.6 Å². The third-order valence-electron chi connectivity index (χ3n) is 2.87. The summed E-state index contributed by atoms with van der Waals surface area (Å²) in [6.45, 7) is 1.62. The molecule has 0 aliphatic heterocycles. The number of carbonyl (C=O) groups excluding carboxylic acids is 1. The zero-order chi connectivity index (χ0) is 15.4. The van der Waals surface area contributed by atoms with E-state index in [2.05, 4.69) is 0 Å². The molecule has 5 heteroatoms. The fraction of sp³-hybridized carbons (Fsp3) is 0.125. The number of Topliss-reactive ketones (excluding diaryl/α,β-unsaturated/α-hetero) is 1. The summed E-state index contributed by atoms with van der Waals surface area (Å²) in [4.78, 5) is 12.3. The standard InChI is InChI=1S/C16H11Cl2NO2/c1-10(16(20)11-4-2-5-12(17)8-11)21-15-7-3-6-14(18)13(15)9-19/h2-8,10H,1H3. The van der Waals surface area contributed by atoms with Crippen molar-refractivity contribution in [2.24, 2.45) is 0 Å². The average molecular weight is 320 g/mol. The highest BCUT2D eigenvalue weighted by Gasteiger charge is 2.19. The number of ether oxygens (including phenoxy) is 1. The Labute approximate surface area is 132 Å². The minimum atomic E-state index is -0.756. The van der Waals surface area contributed by atoms with E-state index >= 15 is 0 Å². The van der Waals surface area contributed by atoms with Crippen LogP contribution in [0.2, 0.25) is 10.0 Å². The molecule has 0 N–H and O–H groups in total. The Kier molecular flexibility index (Phi) is 4.85. The molecule has 3 nitrogen and oxygen atoms in total. The van der Waals surface area contributed by atoms with Crippen LogP contribution in [0.1, 0.15) is 22.8 Å². The van der Waals surface area contributed by atoms with Crippen molar-refractivity contribution in [3.8, 4) is 11.8 Å². The predicted molar refractivity (Wildman–Crippen MR) is 82.0 cm³/mol. The summed E-state index contributed by atoms with van der Waals surface area (Å²) < 4.78 is 5.57. The van der Waals surface area contributed by atoms with Crippen LogP contribution in [0.4, 0.5) is 0 Å². The van der Waals surface area contributed by atoms with E-state index in [9.17, 15) is 4.79 Å². The Balaban J connectivity index is 2.23. The number of nitriles is 1. The first-order valence-corrected chi connectivity index (χ1v) is 6.93. The lowest BCUT2D eigenvalue weighted by Gasteiger charge is -2.15. The number of halogens is 2. The number of benzene rings is 2. The molecule has 2 rings (SSSR count). The van der Waals surface area contributed by atoms with Crippen LogP contribution in [0.15, 0.2) is 42.5 Å². The van der Waals surface area contributed by atoms with E-state index in [-0.39, 0.29) is 22.1 Å². The van der Waals surface area contributed by atoms with E-state index in [0.29, 0.717) is 10.6 Å². The summed E-state index contributed by atoms with van der Waals surface area (Å²) in [5.41, 5.74) is 0.667. The number of hydrogen-bond acceptors (Lipinski definition) is 3. The molecule has 2 aromatic carbocycles. The van der Waals surface area contributed by atoms with Gasteiger partial charge in [0, 0.05) is 10.6 Å². The Morgan fingerprint density at radius 3 is 2.62 bits per heavy atom. The Bertz CT molecular complexity index is 722. The molecule has 1 unspecified atom stereocenters. The van der Waals surface area contributed by atoms with Gasteiger partial charge in [0.2, 0.25) is 5.78 Å². The minimum absolute atomic E-state index is 0.213. The maximum absolute atomic E-state index is 12.3. The van der Waals surface area contributed by atoms with Crippen LogP contribution in [0, 0.1) is 11.3 Å². The Morgan fingerprint density at radius 1 is 1.24 bits per heavy atom. The topological polar surface area (TPSA) is 50.1 Å². The van der Waals surface area contributed by atoms with E-state index in [4.69, 9.17) is 33.2 Å². The third-order valence-corrected chi connectivity index (χ3v) is 3.42. The minimum Gasteiger partial charge on any atom is -0.481 e. The smallest absolute Gasteiger partial charge is 0.203 e. The van der Waals surface area contributed by atoms with Crippen LogP contribution in [0.3, 0.4) is 0 Å². The van der Waals surface area contributed by atoms with E-state index in [1.165, 1.54) is 0 Å². The summed E-state index contributed by atoms with van der Waals surface area (Å²) in [6, 6.07) is 13.5. The third kappa shape index (κ3) is 3.55. The van der Waals surface area contributed by atoms with Crippen molar-refractivity contribution in [3.63, 3.8) is 0 Å². The normalized spacial score (nSPS) is 11.5. The fourth-order valence-electron chi connectivity index (χ4n) is 1.83. The molecule has 106 valence electrons. The highest BCUT2D eigenvalue weighted by Crippen LogP contribution is 2.26. The van der Waals surface area contributed by atoms with Crippen molar-refractivity contribution >= 4 is 29.0 Å². The zero-order valence-electron chi connectivity index (χ0n) is 11.1. The monoisotopic (exact) mass is 319 g/mol. The van der Waals surface area contributed by atoms with Crippen molar-refractivity contribution in [2.45, 2.75) is 13.0 Å². The summed E-state index contributed by atoms with van der Waals surface area (Å²) in [6.07, 6.45) is -0.756. The quantitative estimate of drug-likeness (QED) is 0.779. The average Bonchev–Trinajstić information content (AvgIpc) is 2.46. The van der Waals surface area contributed by atoms with Crippen molar-refractivity contribution < 1.29 is 9.53 Å². The molecule has 21 heavy (non-hydrogen) atoms. The molecular formula is C16H11Cl2NO2. The van der Waals surface area contributed by atoms with Gasteiger partial charge in [-0.3, -0.25) is 4.79 Å². The largest absolute Gasteiger partial charge is 0.481 e. The molecule has 0 saturated carbocycles. The van der Waals surface area contributed by atoms with E-state index in [0.717, 1.165) is 0 Å². The van der Waals surface area contributed by atoms with Crippen molar-refractivity contribution in [1.29, 1.82) is 5.26 Å². The second-order valence-electron chi connectivity index (χ2n) is 4.36. The number of hydrogen-bond donors (Lipinski definition) is 0. The van der Waals surface area contributed by atoms with Gasteiger partial charge in [-0.25, -0.2) is 0 Å². The number of ketones is 1. The van der Waals surface area contributed by atoms with Crippen LogP contribution >= 0.6 is 23.2 Å². The molecule has 0 bridgehead atoms. The van der Waals surface area contributed by atoms with E-state index < -0.39 is 6.10 Å². The molecule has 0 heterocycles. The molecule has 0 saturated heterocycles. The Morgan fingerprint density at radius 2 is 1.95 bits per heavy atom. The first-order chi connectivity index (χ1) is 10.0. The molecule has 0 fully saturated rings. The fourth-order valence-corrected chi connectivity index (χ4v) is 2.23. The molecule has 1 atom stereocenters. The van der Waals surface area contributed by atoms with Gasteiger partial charge in [0.1, 0.15) is 17.4 Å². The molecule has 0 aliphatic rings. The summed E-state index contributed by atoms with van der Waals surface area (Å²) in [5.74, 6) is 0.0641. The van der Waals surface area contributed by atoms with Crippen LogP contribution in [-0.4, -0.2) is 11.9 Å². The van der Waals surface area contributed by atoms with E-state index in [1.54, 1.807) is 49.4 Å². The highest BCUT2D eigenvalue weighted by atomic mass is 35.5. The van der Waals surface area contributed by atoms with Gasteiger partial charge in [-0.2, -0.15) is 5.26 Å². The van der Waals surface area contributed by atoms with Gasteiger partial charge < -0.3 is 4.74 Å². The molecule has 0 aliphatic carbocycles. The van der Waals surface area contributed by atoms with E-state index in [1.807, 2.05) is 6.07 Å². The summed E-state index contributed by atoms with van der Waals surface area (Å²) in [7, 11) is 0. The number of carbonyl (C=O) groups is 1. The lowest BCUT2D eigenvalue weighted by molar-refractivity contribution is 0.0818. The summed E-state index contributed by atoms with van der Waals surface area (Å²) in [5, 5.41) is 9.86. The Hall–Kier alpha value is -2.02. The number of nitrogens with zero attached hydrogens (tertiary/aromatic N) is 1. The van der Waals surface area contributed by atoms with Gasteiger partial charge in [-0.05, 0) is 31.2 Å². The molecule has 0 spiro atoms. The van der Waals surface area contributed by atoms with Crippen molar-refractivity contribution in [2.75, 3.05) is 0 Å².